The van der Waals surface area contributed by atoms with E-state index in [1.165, 1.54) is 0 Å². The molecule has 2 aromatic carbocycles. The number of ether oxygens (including phenoxy) is 1. The Labute approximate surface area is 203 Å². The second-order valence-corrected chi connectivity index (χ2v) is 9.96. The second kappa shape index (κ2) is 11.0. The Balaban J connectivity index is 1.44. The van der Waals surface area contributed by atoms with Crippen LogP contribution in [0.4, 0.5) is 4.79 Å². The summed E-state index contributed by atoms with van der Waals surface area (Å²) in [4.78, 5) is 38.9. The monoisotopic (exact) mass is 482 g/mol. The van der Waals surface area contributed by atoms with Crippen molar-refractivity contribution in [1.29, 1.82) is 0 Å². The summed E-state index contributed by atoms with van der Waals surface area (Å²) in [6, 6.07) is 15.2. The molecule has 34 heavy (non-hydrogen) atoms. The average molecular weight is 483 g/mol. The Morgan fingerprint density at radius 3 is 2.38 bits per heavy atom. The van der Waals surface area contributed by atoms with Gasteiger partial charge in [-0.05, 0) is 47.8 Å². The summed E-state index contributed by atoms with van der Waals surface area (Å²) < 4.78 is 5.59. The zero-order valence-electron chi connectivity index (χ0n) is 19.2. The number of benzene rings is 2. The van der Waals surface area contributed by atoms with E-state index in [9.17, 15) is 14.4 Å². The molecule has 7 nitrogen and oxygen atoms in total. The summed E-state index contributed by atoms with van der Waals surface area (Å²) in [5, 5.41) is 11.8. The fraction of sp³-hybridized carbons (Fsp3) is 0.423. The molecule has 2 amide bonds. The van der Waals surface area contributed by atoms with E-state index in [0.717, 1.165) is 40.2 Å². The van der Waals surface area contributed by atoms with Gasteiger partial charge in [0.2, 0.25) is 5.91 Å². The minimum absolute atomic E-state index is 0.0225. The first-order valence-corrected chi connectivity index (χ1v) is 12.8. The van der Waals surface area contributed by atoms with Crippen molar-refractivity contribution >= 4 is 29.7 Å². The van der Waals surface area contributed by atoms with Gasteiger partial charge in [-0.3, -0.25) is 9.59 Å². The number of aliphatic carboxylic acids is 1. The zero-order chi connectivity index (χ0) is 24.1. The van der Waals surface area contributed by atoms with E-state index < -0.39 is 18.1 Å². The lowest BCUT2D eigenvalue weighted by Crippen LogP contribution is -2.52. The third-order valence-corrected chi connectivity index (χ3v) is 7.55. The van der Waals surface area contributed by atoms with Crippen LogP contribution in [0.3, 0.4) is 0 Å². The molecule has 2 N–H and O–H groups in total. The third-order valence-electron chi connectivity index (χ3n) is 6.55. The van der Waals surface area contributed by atoms with Crippen molar-refractivity contribution < 1.29 is 24.2 Å². The van der Waals surface area contributed by atoms with E-state index in [0.29, 0.717) is 6.54 Å². The molecule has 1 aliphatic heterocycles. The summed E-state index contributed by atoms with van der Waals surface area (Å²) in [5.74, 6) is 0.461. The first-order valence-electron chi connectivity index (χ1n) is 11.7. The van der Waals surface area contributed by atoms with Gasteiger partial charge < -0.3 is 20.1 Å². The molecule has 1 saturated heterocycles. The summed E-state index contributed by atoms with van der Waals surface area (Å²) in [6.45, 7) is 2.71. The van der Waals surface area contributed by atoms with Crippen LogP contribution in [-0.4, -0.2) is 64.7 Å². The first-order chi connectivity index (χ1) is 16.5. The van der Waals surface area contributed by atoms with Crippen LogP contribution >= 0.6 is 11.8 Å². The van der Waals surface area contributed by atoms with Crippen molar-refractivity contribution in [3.8, 4) is 11.1 Å². The highest BCUT2D eigenvalue weighted by atomic mass is 32.2. The number of carboxylic acid groups (broad SMARTS) is 1. The molecular formula is C26H30N2O5S. The van der Waals surface area contributed by atoms with Gasteiger partial charge in [0.25, 0.3) is 0 Å². The van der Waals surface area contributed by atoms with Crippen molar-refractivity contribution in [2.75, 3.05) is 24.7 Å². The number of thioether (sulfide) groups is 1. The predicted octanol–water partition coefficient (Wildman–Crippen LogP) is 4.11. The molecule has 0 saturated carbocycles. The Morgan fingerprint density at radius 2 is 1.74 bits per heavy atom. The number of fused-ring (bicyclic) bond motifs is 3. The van der Waals surface area contributed by atoms with Crippen molar-refractivity contribution in [1.82, 2.24) is 10.2 Å². The maximum Gasteiger partial charge on any atom is 0.407 e. The van der Waals surface area contributed by atoms with Crippen LogP contribution in [0.25, 0.3) is 11.1 Å². The molecule has 0 bridgehead atoms. The Kier molecular flexibility index (Phi) is 7.77. The summed E-state index contributed by atoms with van der Waals surface area (Å²) in [5.41, 5.74) is 4.47. The topological polar surface area (TPSA) is 95.9 Å². The van der Waals surface area contributed by atoms with Crippen LogP contribution in [-0.2, 0) is 14.3 Å². The van der Waals surface area contributed by atoms with E-state index in [1.807, 2.05) is 43.3 Å². The summed E-state index contributed by atoms with van der Waals surface area (Å²) >= 11 is 1.80. The van der Waals surface area contributed by atoms with Gasteiger partial charge in [-0.15, -0.1) is 0 Å². The summed E-state index contributed by atoms with van der Waals surface area (Å²) in [7, 11) is 0. The molecule has 0 spiro atoms. The lowest BCUT2D eigenvalue weighted by atomic mass is 9.98. The minimum Gasteiger partial charge on any atom is -0.481 e. The van der Waals surface area contributed by atoms with Gasteiger partial charge in [-0.1, -0.05) is 48.5 Å². The van der Waals surface area contributed by atoms with Crippen molar-refractivity contribution in [3.63, 3.8) is 0 Å². The van der Waals surface area contributed by atoms with Crippen molar-refractivity contribution in [3.05, 3.63) is 59.7 Å². The number of carboxylic acids is 1. The highest BCUT2D eigenvalue weighted by molar-refractivity contribution is 7.99. The molecule has 0 radical (unpaired) electrons. The molecule has 1 fully saturated rings. The molecule has 180 valence electrons. The molecule has 2 aromatic rings. The van der Waals surface area contributed by atoms with Crippen molar-refractivity contribution in [2.24, 2.45) is 0 Å². The van der Waals surface area contributed by atoms with Gasteiger partial charge in [0, 0.05) is 30.7 Å². The highest BCUT2D eigenvalue weighted by Crippen LogP contribution is 2.44. The van der Waals surface area contributed by atoms with Gasteiger partial charge in [0.05, 0.1) is 0 Å². The Hall–Kier alpha value is -3.00. The van der Waals surface area contributed by atoms with Crippen molar-refractivity contribution in [2.45, 2.75) is 44.2 Å². The number of nitrogens with zero attached hydrogens (tertiary/aromatic N) is 1. The third kappa shape index (κ3) is 5.38. The Morgan fingerprint density at radius 1 is 1.09 bits per heavy atom. The van der Waals surface area contributed by atoms with Gasteiger partial charge in [-0.25, -0.2) is 4.79 Å². The predicted molar refractivity (Wildman–Crippen MR) is 132 cm³/mol. The van der Waals surface area contributed by atoms with Crippen LogP contribution < -0.4 is 5.32 Å². The van der Waals surface area contributed by atoms with Gasteiger partial charge in [-0.2, -0.15) is 11.8 Å². The number of hydrogen-bond acceptors (Lipinski definition) is 5. The van der Waals surface area contributed by atoms with Gasteiger partial charge in [0.1, 0.15) is 12.6 Å². The lowest BCUT2D eigenvalue weighted by Gasteiger charge is -2.31. The van der Waals surface area contributed by atoms with E-state index >= 15 is 0 Å². The van der Waals surface area contributed by atoms with Crippen LogP contribution in [0.15, 0.2) is 48.5 Å². The number of rotatable bonds is 7. The molecule has 2 atom stereocenters. The minimum atomic E-state index is -1.01. The molecule has 1 heterocycles. The zero-order valence-corrected chi connectivity index (χ0v) is 20.1. The highest BCUT2D eigenvalue weighted by Gasteiger charge is 2.32. The van der Waals surface area contributed by atoms with E-state index in [2.05, 4.69) is 17.4 Å². The number of amides is 2. The molecule has 2 aliphatic rings. The fourth-order valence-corrected chi connectivity index (χ4v) is 5.77. The number of nitrogens with one attached hydrogen (secondary N) is 1. The van der Waals surface area contributed by atoms with Crippen LogP contribution in [0, 0.1) is 0 Å². The molecule has 8 heteroatoms. The quantitative estimate of drug-likeness (QED) is 0.617. The maximum absolute atomic E-state index is 13.3. The average Bonchev–Trinajstić information content (AvgIpc) is 2.99. The Bertz CT molecular complexity index is 1010. The molecule has 4 rings (SSSR count). The van der Waals surface area contributed by atoms with E-state index in [-0.39, 0.29) is 37.3 Å². The van der Waals surface area contributed by atoms with Crippen LogP contribution in [0.1, 0.15) is 43.2 Å². The molecule has 1 aliphatic carbocycles. The second-order valence-electron chi connectivity index (χ2n) is 8.74. The largest absolute Gasteiger partial charge is 0.481 e. The number of carbonyl (C=O) groups excluding carboxylic acids is 2. The number of hydrogen-bond donors (Lipinski definition) is 2. The molecule has 0 aromatic heterocycles. The number of carbonyl (C=O) groups is 3. The van der Waals surface area contributed by atoms with Gasteiger partial charge in [0.15, 0.2) is 0 Å². The SMILES string of the molecule is CC1CCSCCN1C(=O)C(CCC(=O)O)NC(=O)OCC1c2ccccc2-c2ccccc21. The normalized spacial score (nSPS) is 18.4. The maximum atomic E-state index is 13.3. The van der Waals surface area contributed by atoms with Gasteiger partial charge >= 0.3 is 12.1 Å². The smallest absolute Gasteiger partial charge is 0.407 e. The van der Waals surface area contributed by atoms with Crippen LogP contribution in [0.5, 0.6) is 0 Å². The van der Waals surface area contributed by atoms with Crippen LogP contribution in [0.2, 0.25) is 0 Å². The van der Waals surface area contributed by atoms with E-state index in [4.69, 9.17) is 9.84 Å². The standard InChI is InChI=1S/C26H30N2O5S/c1-17-12-14-34-15-13-28(17)25(31)23(10-11-24(29)30)27-26(32)33-16-22-20-8-4-2-6-18(20)19-7-3-5-9-21(19)22/h2-9,17,22-23H,10-16H2,1H3,(H,27,32)(H,29,30). The number of alkyl carbamates (subject to hydrolysis) is 1. The first kappa shape index (κ1) is 24.1. The lowest BCUT2D eigenvalue weighted by molar-refractivity contribution is -0.138. The molecule has 2 unspecified atom stereocenters. The summed E-state index contributed by atoms with van der Waals surface area (Å²) in [6.07, 6.45) is -0.0267. The fourth-order valence-electron chi connectivity index (χ4n) is 4.73. The van der Waals surface area contributed by atoms with E-state index in [1.54, 1.807) is 16.7 Å². The molecular weight excluding hydrogens is 452 g/mol.